The lowest BCUT2D eigenvalue weighted by Crippen LogP contribution is -2.23. The molecule has 0 atom stereocenters. The van der Waals surface area contributed by atoms with Crippen LogP contribution in [0, 0.1) is 0 Å². The Balaban J connectivity index is 1.96. The summed E-state index contributed by atoms with van der Waals surface area (Å²) in [5.41, 5.74) is 4.24. The highest BCUT2D eigenvalue weighted by Gasteiger charge is 2.07. The molecule has 0 aromatic heterocycles. The van der Waals surface area contributed by atoms with E-state index < -0.39 is 0 Å². The minimum Gasteiger partial charge on any atom is -0.367 e. The van der Waals surface area contributed by atoms with E-state index in [9.17, 15) is 0 Å². The molecule has 1 heteroatoms. The van der Waals surface area contributed by atoms with Crippen molar-refractivity contribution < 1.29 is 0 Å². The van der Waals surface area contributed by atoms with Gasteiger partial charge in [0.15, 0.2) is 0 Å². The van der Waals surface area contributed by atoms with E-state index in [4.69, 9.17) is 0 Å². The van der Waals surface area contributed by atoms with E-state index in [1.807, 2.05) is 0 Å². The molecule has 0 amide bonds. The summed E-state index contributed by atoms with van der Waals surface area (Å²) in [6.45, 7) is 6.70. The van der Waals surface area contributed by atoms with Crippen molar-refractivity contribution in [3.05, 3.63) is 65.7 Å². The number of anilines is 1. The van der Waals surface area contributed by atoms with Gasteiger partial charge < -0.3 is 4.90 Å². The third-order valence-corrected chi connectivity index (χ3v) is 5.12. The van der Waals surface area contributed by atoms with E-state index in [0.717, 1.165) is 13.1 Å². The molecule has 0 N–H and O–H groups in total. The second-order valence-electron chi connectivity index (χ2n) is 7.44. The van der Waals surface area contributed by atoms with Gasteiger partial charge in [-0.05, 0) is 42.5 Å². The topological polar surface area (TPSA) is 3.24 Å². The summed E-state index contributed by atoms with van der Waals surface area (Å²) in [4.78, 5) is 2.55. The van der Waals surface area contributed by atoms with Crippen LogP contribution < -0.4 is 4.90 Å². The van der Waals surface area contributed by atoms with Crippen LogP contribution >= 0.6 is 0 Å². The molecule has 0 unspecified atom stereocenters. The standard InChI is InChI=1S/C25H37N/c1-3-5-7-10-14-23-17-19-25(20-18-23)26(21-13-8-6-4-2)22-24-15-11-9-12-16-24/h9,11-12,15-20H,3-8,10,13-14,21-22H2,1-2H3. The first-order valence-corrected chi connectivity index (χ1v) is 10.7. The highest BCUT2D eigenvalue weighted by atomic mass is 15.1. The van der Waals surface area contributed by atoms with Gasteiger partial charge in [0.05, 0.1) is 0 Å². The van der Waals surface area contributed by atoms with Crippen LogP contribution in [0.2, 0.25) is 0 Å². The molecule has 142 valence electrons. The summed E-state index contributed by atoms with van der Waals surface area (Å²) in [6.07, 6.45) is 11.8. The first kappa shape index (κ1) is 20.6. The number of aryl methyl sites for hydroxylation is 1. The molecule has 0 saturated heterocycles. The predicted molar refractivity (Wildman–Crippen MR) is 116 cm³/mol. The lowest BCUT2D eigenvalue weighted by atomic mass is 10.1. The molecule has 26 heavy (non-hydrogen) atoms. The van der Waals surface area contributed by atoms with Crippen LogP contribution in [0.25, 0.3) is 0 Å². The average molecular weight is 352 g/mol. The fraction of sp³-hybridized carbons (Fsp3) is 0.520. The first-order chi connectivity index (χ1) is 12.8. The molecule has 0 radical (unpaired) electrons. The molecule has 0 fully saturated rings. The van der Waals surface area contributed by atoms with Crippen LogP contribution in [-0.4, -0.2) is 6.54 Å². The molecular formula is C25H37N. The minimum absolute atomic E-state index is 1.00. The number of hydrogen-bond acceptors (Lipinski definition) is 1. The van der Waals surface area contributed by atoms with Gasteiger partial charge in [0.25, 0.3) is 0 Å². The molecule has 0 saturated carbocycles. The molecule has 1 nitrogen and oxygen atoms in total. The lowest BCUT2D eigenvalue weighted by molar-refractivity contribution is 0.642. The third-order valence-electron chi connectivity index (χ3n) is 5.12. The zero-order chi connectivity index (χ0) is 18.5. The van der Waals surface area contributed by atoms with Gasteiger partial charge in [-0.1, -0.05) is 94.8 Å². The van der Waals surface area contributed by atoms with Crippen LogP contribution in [0.5, 0.6) is 0 Å². The summed E-state index contributed by atoms with van der Waals surface area (Å²) in [6, 6.07) is 20.2. The van der Waals surface area contributed by atoms with Crippen LogP contribution in [0.3, 0.4) is 0 Å². The fourth-order valence-corrected chi connectivity index (χ4v) is 3.46. The zero-order valence-electron chi connectivity index (χ0n) is 16.9. The highest BCUT2D eigenvalue weighted by Crippen LogP contribution is 2.20. The number of nitrogens with zero attached hydrogens (tertiary/aromatic N) is 1. The van der Waals surface area contributed by atoms with E-state index >= 15 is 0 Å². The Morgan fingerprint density at radius 2 is 1.27 bits per heavy atom. The molecule has 0 spiro atoms. The SMILES string of the molecule is CCCCCCc1ccc(N(CCCCCC)Cc2ccccc2)cc1. The highest BCUT2D eigenvalue weighted by molar-refractivity contribution is 5.48. The normalized spacial score (nSPS) is 10.8. The van der Waals surface area contributed by atoms with Crippen molar-refractivity contribution >= 4 is 5.69 Å². The molecular weight excluding hydrogens is 314 g/mol. The quantitative estimate of drug-likeness (QED) is 0.340. The Morgan fingerprint density at radius 1 is 0.615 bits per heavy atom. The van der Waals surface area contributed by atoms with Gasteiger partial charge >= 0.3 is 0 Å². The molecule has 0 aliphatic heterocycles. The Kier molecular flexibility index (Phi) is 9.94. The van der Waals surface area contributed by atoms with Gasteiger partial charge in [0.1, 0.15) is 0 Å². The van der Waals surface area contributed by atoms with Crippen molar-refractivity contribution in [2.75, 3.05) is 11.4 Å². The van der Waals surface area contributed by atoms with Crippen molar-refractivity contribution in [2.24, 2.45) is 0 Å². The predicted octanol–water partition coefficient (Wildman–Crippen LogP) is 7.40. The minimum atomic E-state index is 1.00. The molecule has 0 bridgehead atoms. The number of unbranched alkanes of at least 4 members (excludes halogenated alkanes) is 6. The van der Waals surface area contributed by atoms with E-state index in [1.54, 1.807) is 0 Å². The van der Waals surface area contributed by atoms with Crippen molar-refractivity contribution in [2.45, 2.75) is 78.2 Å². The number of rotatable bonds is 13. The molecule has 0 aliphatic rings. The van der Waals surface area contributed by atoms with E-state index in [0.29, 0.717) is 0 Å². The molecule has 2 aromatic carbocycles. The zero-order valence-corrected chi connectivity index (χ0v) is 16.9. The van der Waals surface area contributed by atoms with Gasteiger partial charge in [0, 0.05) is 18.8 Å². The van der Waals surface area contributed by atoms with Crippen molar-refractivity contribution in [3.63, 3.8) is 0 Å². The second kappa shape index (κ2) is 12.6. The maximum Gasteiger partial charge on any atom is 0.0429 e. The van der Waals surface area contributed by atoms with Crippen LogP contribution in [0.15, 0.2) is 54.6 Å². The summed E-state index contributed by atoms with van der Waals surface area (Å²) < 4.78 is 0. The van der Waals surface area contributed by atoms with Gasteiger partial charge in [-0.15, -0.1) is 0 Å². The first-order valence-electron chi connectivity index (χ1n) is 10.7. The Hall–Kier alpha value is -1.76. The van der Waals surface area contributed by atoms with Gasteiger partial charge in [0.2, 0.25) is 0 Å². The van der Waals surface area contributed by atoms with Crippen molar-refractivity contribution in [1.29, 1.82) is 0 Å². The lowest BCUT2D eigenvalue weighted by Gasteiger charge is -2.25. The molecule has 0 aliphatic carbocycles. The Labute approximate surface area is 161 Å². The largest absolute Gasteiger partial charge is 0.367 e. The van der Waals surface area contributed by atoms with Gasteiger partial charge in [-0.2, -0.15) is 0 Å². The Morgan fingerprint density at radius 3 is 1.92 bits per heavy atom. The van der Waals surface area contributed by atoms with Gasteiger partial charge in [-0.25, -0.2) is 0 Å². The van der Waals surface area contributed by atoms with Crippen molar-refractivity contribution in [3.8, 4) is 0 Å². The van der Waals surface area contributed by atoms with Crippen molar-refractivity contribution in [1.82, 2.24) is 0 Å². The smallest absolute Gasteiger partial charge is 0.0429 e. The summed E-state index contributed by atoms with van der Waals surface area (Å²) in [7, 11) is 0. The fourth-order valence-electron chi connectivity index (χ4n) is 3.46. The van der Waals surface area contributed by atoms with Crippen LogP contribution in [0.4, 0.5) is 5.69 Å². The number of benzene rings is 2. The molecule has 2 aromatic rings. The maximum absolute atomic E-state index is 2.55. The summed E-state index contributed by atoms with van der Waals surface area (Å²) in [5, 5.41) is 0. The number of hydrogen-bond donors (Lipinski definition) is 0. The van der Waals surface area contributed by atoms with Crippen LogP contribution in [-0.2, 0) is 13.0 Å². The van der Waals surface area contributed by atoms with Gasteiger partial charge in [-0.3, -0.25) is 0 Å². The third kappa shape index (κ3) is 7.64. The van der Waals surface area contributed by atoms with E-state index in [1.165, 1.54) is 74.6 Å². The molecule has 2 rings (SSSR count). The monoisotopic (exact) mass is 351 g/mol. The summed E-state index contributed by atoms with van der Waals surface area (Å²) >= 11 is 0. The van der Waals surface area contributed by atoms with E-state index in [2.05, 4.69) is 73.3 Å². The Bertz CT molecular complexity index is 573. The van der Waals surface area contributed by atoms with Crippen LogP contribution in [0.1, 0.15) is 76.3 Å². The average Bonchev–Trinajstić information content (AvgIpc) is 2.69. The van der Waals surface area contributed by atoms with E-state index in [-0.39, 0.29) is 0 Å². The molecule has 0 heterocycles. The second-order valence-corrected chi connectivity index (χ2v) is 7.44. The summed E-state index contributed by atoms with van der Waals surface area (Å²) in [5.74, 6) is 0. The maximum atomic E-state index is 2.55.